The largest absolute Gasteiger partial charge is 0.481 e. The van der Waals surface area contributed by atoms with Crippen molar-refractivity contribution in [2.45, 2.75) is 12.5 Å². The molecule has 3 amide bonds. The highest BCUT2D eigenvalue weighted by Crippen LogP contribution is 2.34. The van der Waals surface area contributed by atoms with Gasteiger partial charge in [-0.2, -0.15) is 0 Å². The summed E-state index contributed by atoms with van der Waals surface area (Å²) in [6, 6.07) is 22.4. The number of carbonyl (C=O) groups excluding carboxylic acids is 2. The van der Waals surface area contributed by atoms with Crippen LogP contribution in [-0.4, -0.2) is 36.1 Å². The number of carboxylic acid groups (broad SMARTS) is 1. The normalized spacial score (nSPS) is 15.2. The van der Waals surface area contributed by atoms with E-state index in [1.54, 1.807) is 42.3 Å². The SMILES string of the molecule is CN1C(=O)C(NC(=O)Nc2cccc(CC(=O)O)c2)C=C(c2ccccc2)c2ccccc21. The minimum absolute atomic E-state index is 0.148. The second-order valence-electron chi connectivity index (χ2n) is 7.71. The van der Waals surface area contributed by atoms with Crippen molar-refractivity contribution in [3.8, 4) is 0 Å². The average Bonchev–Trinajstić information content (AvgIpc) is 2.90. The van der Waals surface area contributed by atoms with E-state index in [1.807, 2.05) is 54.6 Å². The van der Waals surface area contributed by atoms with E-state index in [1.165, 1.54) is 0 Å². The summed E-state index contributed by atoms with van der Waals surface area (Å²) in [4.78, 5) is 38.5. The Morgan fingerprint density at radius 2 is 1.70 bits per heavy atom. The first-order chi connectivity index (χ1) is 15.9. The maximum atomic E-state index is 13.2. The number of urea groups is 1. The molecule has 0 radical (unpaired) electrons. The summed E-state index contributed by atoms with van der Waals surface area (Å²) in [7, 11) is 1.69. The van der Waals surface area contributed by atoms with Gasteiger partial charge in [0.2, 0.25) is 0 Å². The van der Waals surface area contributed by atoms with Gasteiger partial charge < -0.3 is 20.6 Å². The molecular formula is C26H23N3O4. The van der Waals surface area contributed by atoms with Crippen molar-refractivity contribution >= 4 is 34.9 Å². The Labute approximate surface area is 191 Å². The molecule has 0 spiro atoms. The van der Waals surface area contributed by atoms with Crippen LogP contribution in [0.2, 0.25) is 0 Å². The quantitative estimate of drug-likeness (QED) is 0.559. The molecular weight excluding hydrogens is 418 g/mol. The number of carboxylic acids is 1. The van der Waals surface area contributed by atoms with Gasteiger partial charge in [-0.25, -0.2) is 4.79 Å². The lowest BCUT2D eigenvalue weighted by Crippen LogP contribution is -2.47. The number of carbonyl (C=O) groups is 3. The number of benzene rings is 3. The first-order valence-corrected chi connectivity index (χ1v) is 10.4. The Morgan fingerprint density at radius 1 is 0.970 bits per heavy atom. The molecule has 4 rings (SSSR count). The predicted octanol–water partition coefficient (Wildman–Crippen LogP) is 3.91. The van der Waals surface area contributed by atoms with E-state index in [0.29, 0.717) is 11.3 Å². The fraction of sp³-hybridized carbons (Fsp3) is 0.115. The zero-order valence-corrected chi connectivity index (χ0v) is 18.0. The molecule has 7 heteroatoms. The number of hydrogen-bond acceptors (Lipinski definition) is 3. The molecule has 3 N–H and O–H groups in total. The average molecular weight is 441 g/mol. The van der Waals surface area contributed by atoms with Gasteiger partial charge in [-0.05, 0) is 41.0 Å². The number of fused-ring (bicyclic) bond motifs is 1. The third-order valence-electron chi connectivity index (χ3n) is 5.40. The molecule has 0 saturated carbocycles. The van der Waals surface area contributed by atoms with Crippen molar-refractivity contribution < 1.29 is 19.5 Å². The lowest BCUT2D eigenvalue weighted by atomic mass is 9.95. The van der Waals surface area contributed by atoms with Crippen LogP contribution in [0, 0.1) is 0 Å². The summed E-state index contributed by atoms with van der Waals surface area (Å²) in [5.74, 6) is -1.23. The molecule has 7 nitrogen and oxygen atoms in total. The van der Waals surface area contributed by atoms with Crippen LogP contribution < -0.4 is 15.5 Å². The second-order valence-corrected chi connectivity index (χ2v) is 7.71. The van der Waals surface area contributed by atoms with Crippen LogP contribution in [0.5, 0.6) is 0 Å². The number of para-hydroxylation sites is 1. The number of rotatable bonds is 5. The highest BCUT2D eigenvalue weighted by Gasteiger charge is 2.29. The molecule has 0 aliphatic carbocycles. The molecule has 1 aliphatic rings. The van der Waals surface area contributed by atoms with E-state index in [2.05, 4.69) is 10.6 Å². The van der Waals surface area contributed by atoms with Crippen molar-refractivity contribution in [1.29, 1.82) is 0 Å². The highest BCUT2D eigenvalue weighted by atomic mass is 16.4. The molecule has 1 atom stereocenters. The van der Waals surface area contributed by atoms with Gasteiger partial charge in [0, 0.05) is 18.3 Å². The zero-order chi connectivity index (χ0) is 23.4. The van der Waals surface area contributed by atoms with Gasteiger partial charge in [-0.1, -0.05) is 60.7 Å². The van der Waals surface area contributed by atoms with Crippen LogP contribution in [0.25, 0.3) is 5.57 Å². The van der Waals surface area contributed by atoms with Crippen LogP contribution in [0.3, 0.4) is 0 Å². The Hall–Kier alpha value is -4.39. The Kier molecular flexibility index (Phi) is 6.22. The number of anilines is 2. The molecule has 3 aromatic carbocycles. The molecule has 1 heterocycles. The number of amides is 3. The topological polar surface area (TPSA) is 98.7 Å². The Morgan fingerprint density at radius 3 is 2.45 bits per heavy atom. The van der Waals surface area contributed by atoms with Gasteiger partial charge in [0.1, 0.15) is 6.04 Å². The maximum absolute atomic E-state index is 13.2. The van der Waals surface area contributed by atoms with Gasteiger partial charge in [0.05, 0.1) is 12.1 Å². The van der Waals surface area contributed by atoms with E-state index >= 15 is 0 Å². The molecule has 3 aromatic rings. The van der Waals surface area contributed by atoms with Crippen LogP contribution in [-0.2, 0) is 16.0 Å². The number of aliphatic carboxylic acids is 1. The van der Waals surface area contributed by atoms with E-state index in [-0.39, 0.29) is 12.3 Å². The van der Waals surface area contributed by atoms with E-state index in [0.717, 1.165) is 22.4 Å². The molecule has 0 aromatic heterocycles. The number of hydrogen-bond donors (Lipinski definition) is 3. The zero-order valence-electron chi connectivity index (χ0n) is 18.0. The van der Waals surface area contributed by atoms with E-state index in [9.17, 15) is 14.4 Å². The van der Waals surface area contributed by atoms with Gasteiger partial charge in [-0.15, -0.1) is 0 Å². The number of likely N-dealkylation sites (N-methyl/N-ethyl adjacent to an activating group) is 1. The standard InChI is InChI=1S/C26H23N3O4/c1-29-23-13-6-5-12-20(23)21(18-9-3-2-4-10-18)16-22(25(29)32)28-26(33)27-19-11-7-8-17(14-19)15-24(30)31/h2-14,16,22H,15H2,1H3,(H,30,31)(H2,27,28,33). The van der Waals surface area contributed by atoms with Gasteiger partial charge in [0.25, 0.3) is 5.91 Å². The summed E-state index contributed by atoms with van der Waals surface area (Å²) in [5.41, 5.74) is 4.43. The van der Waals surface area contributed by atoms with Gasteiger partial charge in [0.15, 0.2) is 0 Å². The maximum Gasteiger partial charge on any atom is 0.320 e. The summed E-state index contributed by atoms with van der Waals surface area (Å²) < 4.78 is 0. The lowest BCUT2D eigenvalue weighted by Gasteiger charge is -2.22. The summed E-state index contributed by atoms with van der Waals surface area (Å²) in [5, 5.41) is 14.4. The Bertz CT molecular complexity index is 1240. The first kappa shape index (κ1) is 21.8. The third-order valence-corrected chi connectivity index (χ3v) is 5.40. The lowest BCUT2D eigenvalue weighted by molar-refractivity contribution is -0.136. The number of nitrogens with zero attached hydrogens (tertiary/aromatic N) is 1. The van der Waals surface area contributed by atoms with E-state index < -0.39 is 18.0 Å². The highest BCUT2D eigenvalue weighted by molar-refractivity contribution is 6.07. The molecule has 166 valence electrons. The predicted molar refractivity (Wildman–Crippen MR) is 127 cm³/mol. The minimum Gasteiger partial charge on any atom is -0.481 e. The van der Waals surface area contributed by atoms with Crippen LogP contribution in [0.1, 0.15) is 16.7 Å². The second kappa shape index (κ2) is 9.40. The van der Waals surface area contributed by atoms with Crippen LogP contribution in [0.4, 0.5) is 16.2 Å². The van der Waals surface area contributed by atoms with Crippen LogP contribution >= 0.6 is 0 Å². The molecule has 1 unspecified atom stereocenters. The molecule has 0 fully saturated rings. The van der Waals surface area contributed by atoms with Crippen molar-refractivity contribution in [2.24, 2.45) is 0 Å². The van der Waals surface area contributed by atoms with Gasteiger partial charge in [-0.3, -0.25) is 9.59 Å². The summed E-state index contributed by atoms with van der Waals surface area (Å²) in [6.07, 6.45) is 1.62. The van der Waals surface area contributed by atoms with Crippen molar-refractivity contribution in [1.82, 2.24) is 5.32 Å². The monoisotopic (exact) mass is 441 g/mol. The fourth-order valence-corrected chi connectivity index (χ4v) is 3.86. The fourth-order valence-electron chi connectivity index (χ4n) is 3.86. The summed E-state index contributed by atoms with van der Waals surface area (Å²) >= 11 is 0. The molecule has 0 bridgehead atoms. The van der Waals surface area contributed by atoms with Gasteiger partial charge >= 0.3 is 12.0 Å². The molecule has 1 aliphatic heterocycles. The molecule has 0 saturated heterocycles. The van der Waals surface area contributed by atoms with E-state index in [4.69, 9.17) is 5.11 Å². The third kappa shape index (κ3) is 4.93. The summed E-state index contributed by atoms with van der Waals surface area (Å²) in [6.45, 7) is 0. The van der Waals surface area contributed by atoms with Crippen molar-refractivity contribution in [2.75, 3.05) is 17.3 Å². The number of nitrogens with one attached hydrogen (secondary N) is 2. The first-order valence-electron chi connectivity index (χ1n) is 10.4. The van der Waals surface area contributed by atoms with Crippen molar-refractivity contribution in [3.05, 3.63) is 102 Å². The van der Waals surface area contributed by atoms with Crippen molar-refractivity contribution in [3.63, 3.8) is 0 Å². The molecule has 33 heavy (non-hydrogen) atoms. The Balaban J connectivity index is 1.62. The van der Waals surface area contributed by atoms with Crippen LogP contribution in [0.15, 0.2) is 84.9 Å². The smallest absolute Gasteiger partial charge is 0.320 e. The minimum atomic E-state index is -0.957.